The van der Waals surface area contributed by atoms with Gasteiger partial charge in [-0.1, -0.05) is 52.0 Å². The third-order valence-electron chi connectivity index (χ3n) is 6.73. The number of anilines is 1. The van der Waals surface area contributed by atoms with Crippen LogP contribution in [0.3, 0.4) is 0 Å². The molecule has 2 aromatic carbocycles. The lowest BCUT2D eigenvalue weighted by molar-refractivity contribution is -0.384. The van der Waals surface area contributed by atoms with E-state index in [9.17, 15) is 18.5 Å². The topological polar surface area (TPSA) is 99.0 Å². The molecule has 0 saturated carbocycles. The standard InChI is InChI=1S/C24H34N2O6SSi/c1-7-18-12-14-20(15-13-18)33(29,30)31-23-16-19(32-34(5,6)24(2,3)4)17-25(23)21-10-8-9-11-22(21)26(27)28/h8-15,19,23H,7,16-17H2,1-6H3. The Kier molecular flexibility index (Phi) is 7.56. The van der Waals surface area contributed by atoms with E-state index in [0.29, 0.717) is 12.2 Å². The SMILES string of the molecule is CCc1ccc(S(=O)(=O)OC2CC(O[Si](C)(C)C(C)(C)C)CN2c2ccccc2[N+](=O)[O-])cc1. The van der Waals surface area contributed by atoms with Gasteiger partial charge in [0, 0.05) is 19.0 Å². The maximum Gasteiger partial charge on any atom is 0.298 e. The molecule has 1 aliphatic heterocycles. The number of nitrogens with zero attached hydrogens (tertiary/aromatic N) is 2. The Morgan fingerprint density at radius 1 is 1.12 bits per heavy atom. The zero-order chi connectivity index (χ0) is 25.3. The normalized spacial score (nSPS) is 19.4. The number of hydrogen-bond acceptors (Lipinski definition) is 7. The minimum Gasteiger partial charge on any atom is -0.412 e. The Morgan fingerprint density at radius 2 is 1.74 bits per heavy atom. The van der Waals surface area contributed by atoms with Crippen molar-refractivity contribution in [3.63, 3.8) is 0 Å². The van der Waals surface area contributed by atoms with Gasteiger partial charge in [0.25, 0.3) is 15.8 Å². The summed E-state index contributed by atoms with van der Waals surface area (Å²) in [5, 5.41) is 11.7. The monoisotopic (exact) mass is 506 g/mol. The summed E-state index contributed by atoms with van der Waals surface area (Å²) in [6, 6.07) is 12.9. The summed E-state index contributed by atoms with van der Waals surface area (Å²) in [6.07, 6.45) is -0.165. The van der Waals surface area contributed by atoms with Gasteiger partial charge < -0.3 is 9.33 Å². The van der Waals surface area contributed by atoms with E-state index in [1.54, 1.807) is 35.2 Å². The van der Waals surface area contributed by atoms with E-state index in [2.05, 4.69) is 33.9 Å². The first-order chi connectivity index (χ1) is 15.7. The van der Waals surface area contributed by atoms with Crippen LogP contribution in [0.25, 0.3) is 0 Å². The van der Waals surface area contributed by atoms with Gasteiger partial charge in [-0.2, -0.15) is 8.42 Å². The summed E-state index contributed by atoms with van der Waals surface area (Å²) in [7, 11) is -6.26. The summed E-state index contributed by atoms with van der Waals surface area (Å²) in [5.41, 5.74) is 1.23. The summed E-state index contributed by atoms with van der Waals surface area (Å²) < 4.78 is 38.5. The molecule has 8 nitrogen and oxygen atoms in total. The zero-order valence-corrected chi connectivity index (χ0v) is 22.5. The lowest BCUT2D eigenvalue weighted by Gasteiger charge is -2.38. The molecule has 34 heavy (non-hydrogen) atoms. The van der Waals surface area contributed by atoms with Crippen LogP contribution in [0.5, 0.6) is 0 Å². The molecule has 1 aliphatic rings. The molecule has 10 heteroatoms. The number of aryl methyl sites for hydroxylation is 1. The van der Waals surface area contributed by atoms with Crippen molar-refractivity contribution >= 4 is 29.8 Å². The minimum atomic E-state index is -4.09. The number of nitro groups is 1. The van der Waals surface area contributed by atoms with Gasteiger partial charge in [0.1, 0.15) is 5.69 Å². The number of benzene rings is 2. The quantitative estimate of drug-likeness (QED) is 0.202. The first kappa shape index (κ1) is 26.3. The predicted molar refractivity (Wildman–Crippen MR) is 135 cm³/mol. The second-order valence-corrected chi connectivity index (χ2v) is 16.5. The lowest BCUT2D eigenvalue weighted by Crippen LogP contribution is -2.44. The van der Waals surface area contributed by atoms with Crippen LogP contribution in [0.4, 0.5) is 11.4 Å². The molecule has 2 atom stereocenters. The van der Waals surface area contributed by atoms with E-state index in [1.165, 1.54) is 18.2 Å². The first-order valence-corrected chi connectivity index (χ1v) is 15.8. The molecule has 0 aromatic heterocycles. The Labute approximate surface area is 203 Å². The molecule has 2 unspecified atom stereocenters. The van der Waals surface area contributed by atoms with Gasteiger partial charge in [0.2, 0.25) is 0 Å². The first-order valence-electron chi connectivity index (χ1n) is 11.5. The van der Waals surface area contributed by atoms with Crippen molar-refractivity contribution in [2.24, 2.45) is 0 Å². The Balaban J connectivity index is 1.95. The van der Waals surface area contributed by atoms with Crippen LogP contribution in [0, 0.1) is 10.1 Å². The van der Waals surface area contributed by atoms with Crippen LogP contribution in [-0.2, 0) is 25.1 Å². The van der Waals surface area contributed by atoms with E-state index in [1.807, 2.05) is 6.92 Å². The average Bonchev–Trinajstić information content (AvgIpc) is 3.13. The zero-order valence-electron chi connectivity index (χ0n) is 20.6. The Hall–Kier alpha value is -2.27. The van der Waals surface area contributed by atoms with Crippen molar-refractivity contribution in [1.29, 1.82) is 0 Å². The Bertz CT molecular complexity index is 1130. The summed E-state index contributed by atoms with van der Waals surface area (Å²) >= 11 is 0. The number of rotatable bonds is 8. The minimum absolute atomic E-state index is 0.0391. The van der Waals surface area contributed by atoms with Crippen LogP contribution >= 0.6 is 0 Å². The number of hydrogen-bond donors (Lipinski definition) is 0. The highest BCUT2D eigenvalue weighted by molar-refractivity contribution is 7.86. The molecule has 0 aliphatic carbocycles. The lowest BCUT2D eigenvalue weighted by atomic mass is 10.2. The molecule has 1 heterocycles. The van der Waals surface area contributed by atoms with Crippen LogP contribution < -0.4 is 4.90 Å². The largest absolute Gasteiger partial charge is 0.412 e. The van der Waals surface area contributed by atoms with Crippen molar-refractivity contribution in [3.8, 4) is 0 Å². The molecule has 0 radical (unpaired) electrons. The van der Waals surface area contributed by atoms with E-state index < -0.39 is 29.6 Å². The van der Waals surface area contributed by atoms with E-state index in [4.69, 9.17) is 8.61 Å². The van der Waals surface area contributed by atoms with Crippen molar-refractivity contribution in [1.82, 2.24) is 0 Å². The van der Waals surface area contributed by atoms with Crippen LogP contribution in [-0.4, -0.2) is 40.5 Å². The number of para-hydroxylation sites is 2. The van der Waals surface area contributed by atoms with Crippen molar-refractivity contribution in [2.45, 2.75) is 75.9 Å². The summed E-state index contributed by atoms with van der Waals surface area (Å²) in [5.74, 6) is 0. The van der Waals surface area contributed by atoms with Crippen LogP contribution in [0.1, 0.15) is 39.7 Å². The fraction of sp³-hybridized carbons (Fsp3) is 0.500. The fourth-order valence-electron chi connectivity index (χ4n) is 3.74. The summed E-state index contributed by atoms with van der Waals surface area (Å²) in [6.45, 7) is 12.9. The molecular weight excluding hydrogens is 472 g/mol. The highest BCUT2D eigenvalue weighted by Gasteiger charge is 2.45. The molecule has 3 rings (SSSR count). The molecule has 0 N–H and O–H groups in total. The smallest absolute Gasteiger partial charge is 0.298 e. The highest BCUT2D eigenvalue weighted by Crippen LogP contribution is 2.41. The maximum atomic E-state index is 13.1. The van der Waals surface area contributed by atoms with Gasteiger partial charge in [0.05, 0.1) is 15.9 Å². The molecule has 1 saturated heterocycles. The maximum absolute atomic E-state index is 13.1. The van der Waals surface area contributed by atoms with Crippen molar-refractivity contribution in [3.05, 3.63) is 64.2 Å². The van der Waals surface area contributed by atoms with Crippen molar-refractivity contribution < 1.29 is 22.0 Å². The molecule has 1 fully saturated rings. The predicted octanol–water partition coefficient (Wildman–Crippen LogP) is 5.49. The third kappa shape index (κ3) is 5.68. The van der Waals surface area contributed by atoms with Gasteiger partial charge >= 0.3 is 0 Å². The van der Waals surface area contributed by atoms with Gasteiger partial charge in [0.15, 0.2) is 14.5 Å². The van der Waals surface area contributed by atoms with Gasteiger partial charge in [-0.25, -0.2) is 4.18 Å². The second-order valence-electron chi connectivity index (χ2n) is 10.1. The van der Waals surface area contributed by atoms with Crippen molar-refractivity contribution in [2.75, 3.05) is 11.4 Å². The van der Waals surface area contributed by atoms with Crippen LogP contribution in [0.15, 0.2) is 53.4 Å². The molecular formula is C24H34N2O6SSi. The number of nitro benzene ring substituents is 1. The second kappa shape index (κ2) is 9.77. The molecule has 186 valence electrons. The summed E-state index contributed by atoms with van der Waals surface area (Å²) in [4.78, 5) is 12.9. The van der Waals surface area contributed by atoms with Crippen LogP contribution in [0.2, 0.25) is 18.1 Å². The highest BCUT2D eigenvalue weighted by atomic mass is 32.2. The molecule has 2 aromatic rings. The van der Waals surface area contributed by atoms with Gasteiger partial charge in [-0.15, -0.1) is 0 Å². The average molecular weight is 507 g/mol. The Morgan fingerprint density at radius 3 is 2.29 bits per heavy atom. The van der Waals surface area contributed by atoms with E-state index in [0.717, 1.165) is 12.0 Å². The van der Waals surface area contributed by atoms with E-state index in [-0.39, 0.29) is 28.1 Å². The fourth-order valence-corrected chi connectivity index (χ4v) is 6.16. The van der Waals surface area contributed by atoms with Gasteiger partial charge in [-0.3, -0.25) is 10.1 Å². The van der Waals surface area contributed by atoms with Gasteiger partial charge in [-0.05, 0) is 48.3 Å². The third-order valence-corrected chi connectivity index (χ3v) is 12.6. The van der Waals surface area contributed by atoms with E-state index >= 15 is 0 Å². The molecule has 0 spiro atoms. The molecule has 0 bridgehead atoms. The molecule has 0 amide bonds.